The minimum absolute atomic E-state index is 0.206. The van der Waals surface area contributed by atoms with Gasteiger partial charge in [-0.05, 0) is 35.2 Å². The predicted octanol–water partition coefficient (Wildman–Crippen LogP) is 5.12. The summed E-state index contributed by atoms with van der Waals surface area (Å²) in [5.41, 5.74) is 3.68. The first-order chi connectivity index (χ1) is 9.63. The van der Waals surface area contributed by atoms with Crippen LogP contribution in [-0.2, 0) is 0 Å². The number of hydrogen-bond acceptors (Lipinski definition) is 2. The van der Waals surface area contributed by atoms with E-state index in [1.165, 1.54) is 11.1 Å². The third kappa shape index (κ3) is 2.68. The van der Waals surface area contributed by atoms with Gasteiger partial charge in [0.15, 0.2) is 0 Å². The molecular formula is C17H18BrNO. The Labute approximate surface area is 128 Å². The van der Waals surface area contributed by atoms with Gasteiger partial charge in [-0.25, -0.2) is 0 Å². The molecule has 20 heavy (non-hydrogen) atoms. The number of benzene rings is 2. The zero-order valence-electron chi connectivity index (χ0n) is 11.7. The molecule has 0 saturated carbocycles. The van der Waals surface area contributed by atoms with E-state index < -0.39 is 0 Å². The Morgan fingerprint density at radius 2 is 1.90 bits per heavy atom. The van der Waals surface area contributed by atoms with E-state index in [1.54, 1.807) is 0 Å². The second kappa shape index (κ2) is 5.49. The Morgan fingerprint density at radius 1 is 1.15 bits per heavy atom. The molecule has 1 atom stereocenters. The van der Waals surface area contributed by atoms with Crippen LogP contribution in [0.25, 0.3) is 0 Å². The third-order valence-electron chi connectivity index (χ3n) is 3.68. The Hall–Kier alpha value is -1.48. The Balaban J connectivity index is 1.82. The van der Waals surface area contributed by atoms with E-state index in [2.05, 4.69) is 65.4 Å². The number of ether oxygens (including phenoxy) is 1. The topological polar surface area (TPSA) is 21.3 Å². The van der Waals surface area contributed by atoms with E-state index in [-0.39, 0.29) is 6.04 Å². The summed E-state index contributed by atoms with van der Waals surface area (Å²) in [7, 11) is 0. The van der Waals surface area contributed by atoms with E-state index in [4.69, 9.17) is 4.74 Å². The summed E-state index contributed by atoms with van der Waals surface area (Å²) < 4.78 is 6.90. The van der Waals surface area contributed by atoms with Crippen LogP contribution in [0.5, 0.6) is 5.75 Å². The molecule has 0 saturated heterocycles. The van der Waals surface area contributed by atoms with Crippen LogP contribution in [0, 0.1) is 0 Å². The van der Waals surface area contributed by atoms with Crippen molar-refractivity contribution in [2.24, 2.45) is 0 Å². The van der Waals surface area contributed by atoms with Gasteiger partial charge in [0.2, 0.25) is 0 Å². The minimum atomic E-state index is 0.206. The summed E-state index contributed by atoms with van der Waals surface area (Å²) in [4.78, 5) is 0. The lowest BCUT2D eigenvalue weighted by Crippen LogP contribution is -2.23. The third-order valence-corrected chi connectivity index (χ3v) is 4.18. The molecule has 3 rings (SSSR count). The van der Waals surface area contributed by atoms with Gasteiger partial charge in [0, 0.05) is 4.47 Å². The van der Waals surface area contributed by atoms with Gasteiger partial charge < -0.3 is 10.1 Å². The Morgan fingerprint density at radius 3 is 2.60 bits per heavy atom. The molecule has 2 aromatic rings. The zero-order chi connectivity index (χ0) is 14.1. The molecule has 0 aliphatic carbocycles. The molecule has 1 heterocycles. The highest BCUT2D eigenvalue weighted by molar-refractivity contribution is 9.10. The molecule has 1 unspecified atom stereocenters. The van der Waals surface area contributed by atoms with Crippen molar-refractivity contribution in [2.75, 3.05) is 11.9 Å². The quantitative estimate of drug-likeness (QED) is 0.824. The maximum absolute atomic E-state index is 5.84. The molecular weight excluding hydrogens is 314 g/mol. The molecule has 2 nitrogen and oxygen atoms in total. The number of anilines is 1. The molecule has 0 spiro atoms. The first kappa shape index (κ1) is 13.5. The summed E-state index contributed by atoms with van der Waals surface area (Å²) in [6, 6.07) is 15.1. The summed E-state index contributed by atoms with van der Waals surface area (Å²) in [6.45, 7) is 5.09. The molecule has 1 N–H and O–H groups in total. The molecule has 3 heteroatoms. The molecule has 2 aromatic carbocycles. The number of rotatable bonds is 2. The fourth-order valence-corrected chi connectivity index (χ4v) is 2.80. The van der Waals surface area contributed by atoms with Gasteiger partial charge >= 0.3 is 0 Å². The maximum atomic E-state index is 5.84. The van der Waals surface area contributed by atoms with Crippen LogP contribution in [0.2, 0.25) is 0 Å². The van der Waals surface area contributed by atoms with Crippen LogP contribution in [0.4, 0.5) is 5.69 Å². The standard InChI is InChI=1S/C17H18BrNO/c1-11(2)12-3-5-13(6-4-12)16-10-20-17-8-7-14(18)9-15(17)19-16/h3-9,11,16,19H,10H2,1-2H3. The number of fused-ring (bicyclic) bond motifs is 1. The van der Waals surface area contributed by atoms with Gasteiger partial charge in [0.05, 0.1) is 11.7 Å². The summed E-state index contributed by atoms with van der Waals surface area (Å²) >= 11 is 3.50. The number of hydrogen-bond donors (Lipinski definition) is 1. The maximum Gasteiger partial charge on any atom is 0.142 e. The first-order valence-electron chi connectivity index (χ1n) is 6.92. The molecule has 1 aliphatic heterocycles. The van der Waals surface area contributed by atoms with Crippen molar-refractivity contribution in [1.29, 1.82) is 0 Å². The van der Waals surface area contributed by atoms with Crippen molar-refractivity contribution in [1.82, 2.24) is 0 Å². The Kier molecular flexibility index (Phi) is 3.70. The van der Waals surface area contributed by atoms with E-state index in [0.717, 1.165) is 15.9 Å². The number of nitrogens with one attached hydrogen (secondary N) is 1. The molecule has 0 amide bonds. The van der Waals surface area contributed by atoms with E-state index in [0.29, 0.717) is 12.5 Å². The lowest BCUT2D eigenvalue weighted by molar-refractivity contribution is 0.286. The average molecular weight is 332 g/mol. The highest BCUT2D eigenvalue weighted by Crippen LogP contribution is 2.35. The van der Waals surface area contributed by atoms with Gasteiger partial charge in [-0.3, -0.25) is 0 Å². The molecule has 0 aromatic heterocycles. The SMILES string of the molecule is CC(C)c1ccc(C2COc3ccc(Br)cc3N2)cc1. The second-order valence-corrected chi connectivity index (χ2v) is 6.39. The van der Waals surface area contributed by atoms with E-state index in [9.17, 15) is 0 Å². The zero-order valence-corrected chi connectivity index (χ0v) is 13.3. The van der Waals surface area contributed by atoms with E-state index in [1.807, 2.05) is 12.1 Å². The van der Waals surface area contributed by atoms with Crippen LogP contribution in [0.3, 0.4) is 0 Å². The molecule has 104 valence electrons. The average Bonchev–Trinajstić information content (AvgIpc) is 2.46. The van der Waals surface area contributed by atoms with Crippen LogP contribution >= 0.6 is 15.9 Å². The smallest absolute Gasteiger partial charge is 0.142 e. The van der Waals surface area contributed by atoms with Gasteiger partial charge in [-0.1, -0.05) is 54.0 Å². The predicted molar refractivity (Wildman–Crippen MR) is 86.5 cm³/mol. The normalized spacial score (nSPS) is 17.3. The summed E-state index contributed by atoms with van der Waals surface area (Å²) in [5, 5.41) is 3.55. The van der Waals surface area contributed by atoms with Gasteiger partial charge in [-0.15, -0.1) is 0 Å². The second-order valence-electron chi connectivity index (χ2n) is 5.47. The van der Waals surface area contributed by atoms with E-state index >= 15 is 0 Å². The number of halogens is 1. The highest BCUT2D eigenvalue weighted by atomic mass is 79.9. The summed E-state index contributed by atoms with van der Waals surface area (Å²) in [5.74, 6) is 1.49. The molecule has 0 fully saturated rings. The van der Waals surface area contributed by atoms with Crippen LogP contribution in [-0.4, -0.2) is 6.61 Å². The fourth-order valence-electron chi connectivity index (χ4n) is 2.44. The van der Waals surface area contributed by atoms with Gasteiger partial charge in [-0.2, -0.15) is 0 Å². The summed E-state index contributed by atoms with van der Waals surface area (Å²) in [6.07, 6.45) is 0. The Bertz CT molecular complexity index is 607. The van der Waals surface area contributed by atoms with Gasteiger partial charge in [0.25, 0.3) is 0 Å². The lowest BCUT2D eigenvalue weighted by Gasteiger charge is -2.28. The van der Waals surface area contributed by atoms with Crippen molar-refractivity contribution in [3.8, 4) is 5.75 Å². The lowest BCUT2D eigenvalue weighted by atomic mass is 9.99. The largest absolute Gasteiger partial charge is 0.489 e. The van der Waals surface area contributed by atoms with Crippen molar-refractivity contribution in [3.05, 3.63) is 58.1 Å². The fraction of sp³-hybridized carbons (Fsp3) is 0.294. The van der Waals surface area contributed by atoms with Crippen LogP contribution in [0.15, 0.2) is 46.9 Å². The first-order valence-corrected chi connectivity index (χ1v) is 7.71. The molecule has 0 bridgehead atoms. The highest BCUT2D eigenvalue weighted by Gasteiger charge is 2.20. The van der Waals surface area contributed by atoms with Crippen LogP contribution in [0.1, 0.15) is 36.9 Å². The van der Waals surface area contributed by atoms with Crippen LogP contribution < -0.4 is 10.1 Å². The van der Waals surface area contributed by atoms with Crippen molar-refractivity contribution < 1.29 is 4.74 Å². The molecule has 0 radical (unpaired) electrons. The molecule has 1 aliphatic rings. The van der Waals surface area contributed by atoms with Crippen molar-refractivity contribution in [2.45, 2.75) is 25.8 Å². The monoisotopic (exact) mass is 331 g/mol. The minimum Gasteiger partial charge on any atom is -0.489 e. The van der Waals surface area contributed by atoms with Crippen molar-refractivity contribution in [3.63, 3.8) is 0 Å². The van der Waals surface area contributed by atoms with Crippen molar-refractivity contribution >= 4 is 21.6 Å². The van der Waals surface area contributed by atoms with Gasteiger partial charge in [0.1, 0.15) is 12.4 Å².